The standard InChI is InChI=1S/C17H26N2O/c1-12(2)16-10-7-11-19(16)17(20)14-8-5-6-9-15(14)18-13(3)4/h5-6,8-9,12-13,16,18H,7,10-11H2,1-4H3. The molecule has 0 aromatic heterocycles. The fourth-order valence-electron chi connectivity index (χ4n) is 3.00. The van der Waals surface area contributed by atoms with Gasteiger partial charge in [0.05, 0.1) is 5.56 Å². The van der Waals surface area contributed by atoms with Gasteiger partial charge >= 0.3 is 0 Å². The van der Waals surface area contributed by atoms with Gasteiger partial charge < -0.3 is 10.2 Å². The van der Waals surface area contributed by atoms with Crippen LogP contribution in [0.5, 0.6) is 0 Å². The Hall–Kier alpha value is -1.51. The van der Waals surface area contributed by atoms with Gasteiger partial charge in [0, 0.05) is 24.3 Å². The van der Waals surface area contributed by atoms with Crippen LogP contribution >= 0.6 is 0 Å². The Balaban J connectivity index is 2.24. The molecule has 1 atom stereocenters. The minimum atomic E-state index is 0.171. The summed E-state index contributed by atoms with van der Waals surface area (Å²) in [7, 11) is 0. The molecule has 20 heavy (non-hydrogen) atoms. The average molecular weight is 274 g/mol. The van der Waals surface area contributed by atoms with Gasteiger partial charge in [-0.1, -0.05) is 26.0 Å². The molecule has 1 aromatic rings. The summed E-state index contributed by atoms with van der Waals surface area (Å²) in [6.07, 6.45) is 2.25. The number of benzene rings is 1. The molecule has 0 bridgehead atoms. The van der Waals surface area contributed by atoms with Crippen LogP contribution in [0.1, 0.15) is 50.9 Å². The maximum absolute atomic E-state index is 12.9. The van der Waals surface area contributed by atoms with Gasteiger partial charge in [0.25, 0.3) is 5.91 Å². The molecule has 110 valence electrons. The Bertz CT molecular complexity index is 468. The highest BCUT2D eigenvalue weighted by Gasteiger charge is 2.32. The number of nitrogens with one attached hydrogen (secondary N) is 1. The fraction of sp³-hybridized carbons (Fsp3) is 0.588. The molecule has 1 amide bonds. The summed E-state index contributed by atoms with van der Waals surface area (Å²) >= 11 is 0. The Morgan fingerprint density at radius 1 is 1.25 bits per heavy atom. The Morgan fingerprint density at radius 3 is 2.60 bits per heavy atom. The van der Waals surface area contributed by atoms with Crippen molar-refractivity contribution in [2.45, 2.75) is 52.6 Å². The van der Waals surface area contributed by atoms with Crippen molar-refractivity contribution in [2.75, 3.05) is 11.9 Å². The second-order valence-corrected chi connectivity index (χ2v) is 6.30. The predicted octanol–water partition coefficient (Wildman–Crippen LogP) is 3.77. The lowest BCUT2D eigenvalue weighted by Crippen LogP contribution is -2.38. The largest absolute Gasteiger partial charge is 0.382 e. The lowest BCUT2D eigenvalue weighted by atomic mass is 10.0. The van der Waals surface area contributed by atoms with E-state index in [0.717, 1.165) is 30.6 Å². The second kappa shape index (κ2) is 6.29. The summed E-state index contributed by atoms with van der Waals surface area (Å²) in [4.78, 5) is 14.9. The Kier molecular flexibility index (Phi) is 4.69. The van der Waals surface area contributed by atoms with Crippen LogP contribution < -0.4 is 5.32 Å². The van der Waals surface area contributed by atoms with Crippen molar-refractivity contribution in [2.24, 2.45) is 5.92 Å². The maximum Gasteiger partial charge on any atom is 0.256 e. The Labute approximate surface area is 122 Å². The van der Waals surface area contributed by atoms with E-state index in [9.17, 15) is 4.79 Å². The third-order valence-corrected chi connectivity index (χ3v) is 3.93. The predicted molar refractivity (Wildman–Crippen MR) is 84.1 cm³/mol. The van der Waals surface area contributed by atoms with E-state index in [1.54, 1.807) is 0 Å². The van der Waals surface area contributed by atoms with E-state index >= 15 is 0 Å². The van der Waals surface area contributed by atoms with Gasteiger partial charge in [0.15, 0.2) is 0 Å². The van der Waals surface area contributed by atoms with Gasteiger partial charge in [0.1, 0.15) is 0 Å². The number of anilines is 1. The summed E-state index contributed by atoms with van der Waals surface area (Å²) < 4.78 is 0. The van der Waals surface area contributed by atoms with Crippen molar-refractivity contribution in [3.63, 3.8) is 0 Å². The van der Waals surface area contributed by atoms with Crippen LogP contribution in [0.2, 0.25) is 0 Å². The molecule has 1 aliphatic rings. The first-order chi connectivity index (χ1) is 9.50. The number of carbonyl (C=O) groups is 1. The molecule has 1 heterocycles. The van der Waals surface area contributed by atoms with Crippen molar-refractivity contribution < 1.29 is 4.79 Å². The topological polar surface area (TPSA) is 32.3 Å². The van der Waals surface area contributed by atoms with Gasteiger partial charge in [-0.3, -0.25) is 4.79 Å². The van der Waals surface area contributed by atoms with Crippen molar-refractivity contribution in [1.29, 1.82) is 0 Å². The van der Waals surface area contributed by atoms with Crippen molar-refractivity contribution in [3.8, 4) is 0 Å². The van der Waals surface area contributed by atoms with Crippen LogP contribution in [-0.2, 0) is 0 Å². The molecule has 1 saturated heterocycles. The van der Waals surface area contributed by atoms with E-state index in [0.29, 0.717) is 18.0 Å². The van der Waals surface area contributed by atoms with Crippen LogP contribution in [0.4, 0.5) is 5.69 Å². The molecule has 3 nitrogen and oxygen atoms in total. The minimum absolute atomic E-state index is 0.171. The third kappa shape index (κ3) is 3.14. The average Bonchev–Trinajstić information content (AvgIpc) is 2.87. The highest BCUT2D eigenvalue weighted by molar-refractivity contribution is 6.00. The van der Waals surface area contributed by atoms with Gasteiger partial charge in [-0.2, -0.15) is 0 Å². The zero-order valence-electron chi connectivity index (χ0n) is 13.0. The molecule has 0 radical (unpaired) electrons. The van der Waals surface area contributed by atoms with Crippen LogP contribution in [0.3, 0.4) is 0 Å². The number of likely N-dealkylation sites (tertiary alicyclic amines) is 1. The highest BCUT2D eigenvalue weighted by Crippen LogP contribution is 2.27. The number of carbonyl (C=O) groups excluding carboxylic acids is 1. The monoisotopic (exact) mass is 274 g/mol. The molecule has 3 heteroatoms. The normalized spacial score (nSPS) is 18.9. The SMILES string of the molecule is CC(C)Nc1ccccc1C(=O)N1CCCC1C(C)C. The molecule has 1 N–H and O–H groups in total. The molecule has 0 aliphatic carbocycles. The molecule has 1 fully saturated rings. The number of para-hydroxylation sites is 1. The van der Waals surface area contributed by atoms with E-state index in [1.165, 1.54) is 0 Å². The van der Waals surface area contributed by atoms with Crippen molar-refractivity contribution in [1.82, 2.24) is 4.90 Å². The molecule has 1 unspecified atom stereocenters. The molecule has 1 aromatic carbocycles. The van der Waals surface area contributed by atoms with E-state index in [2.05, 4.69) is 37.9 Å². The van der Waals surface area contributed by atoms with Crippen LogP contribution in [-0.4, -0.2) is 29.4 Å². The second-order valence-electron chi connectivity index (χ2n) is 6.30. The van der Waals surface area contributed by atoms with Crippen molar-refractivity contribution in [3.05, 3.63) is 29.8 Å². The lowest BCUT2D eigenvalue weighted by Gasteiger charge is -2.28. The van der Waals surface area contributed by atoms with Crippen LogP contribution in [0, 0.1) is 5.92 Å². The summed E-state index contributed by atoms with van der Waals surface area (Å²) in [5.74, 6) is 0.691. The molecule has 0 saturated carbocycles. The highest BCUT2D eigenvalue weighted by atomic mass is 16.2. The fourth-order valence-corrected chi connectivity index (χ4v) is 3.00. The number of hydrogen-bond acceptors (Lipinski definition) is 2. The first kappa shape index (κ1) is 14.9. The summed E-state index contributed by atoms with van der Waals surface area (Å²) in [5.41, 5.74) is 1.75. The minimum Gasteiger partial charge on any atom is -0.382 e. The van der Waals surface area contributed by atoms with E-state index in [4.69, 9.17) is 0 Å². The lowest BCUT2D eigenvalue weighted by molar-refractivity contribution is 0.0702. The quantitative estimate of drug-likeness (QED) is 0.906. The zero-order valence-corrected chi connectivity index (χ0v) is 13.0. The number of hydrogen-bond donors (Lipinski definition) is 1. The summed E-state index contributed by atoms with van der Waals surface area (Å²) in [6, 6.07) is 8.55. The van der Waals surface area contributed by atoms with Gasteiger partial charge in [-0.05, 0) is 44.7 Å². The molecular formula is C17H26N2O. The molecule has 2 rings (SSSR count). The first-order valence-electron chi connectivity index (χ1n) is 7.67. The van der Waals surface area contributed by atoms with E-state index in [1.807, 2.05) is 24.3 Å². The zero-order chi connectivity index (χ0) is 14.7. The summed E-state index contributed by atoms with van der Waals surface area (Å²) in [5, 5.41) is 3.37. The Morgan fingerprint density at radius 2 is 1.95 bits per heavy atom. The van der Waals surface area contributed by atoms with E-state index < -0.39 is 0 Å². The maximum atomic E-state index is 12.9. The smallest absolute Gasteiger partial charge is 0.256 e. The van der Waals surface area contributed by atoms with Gasteiger partial charge in [-0.15, -0.1) is 0 Å². The molecular weight excluding hydrogens is 248 g/mol. The van der Waals surface area contributed by atoms with Crippen LogP contribution in [0.25, 0.3) is 0 Å². The number of nitrogens with zero attached hydrogens (tertiary/aromatic N) is 1. The number of amides is 1. The van der Waals surface area contributed by atoms with Crippen molar-refractivity contribution >= 4 is 11.6 Å². The molecule has 0 spiro atoms. The number of rotatable bonds is 4. The molecule has 1 aliphatic heterocycles. The van der Waals surface area contributed by atoms with Crippen LogP contribution in [0.15, 0.2) is 24.3 Å². The van der Waals surface area contributed by atoms with E-state index in [-0.39, 0.29) is 5.91 Å². The third-order valence-electron chi connectivity index (χ3n) is 3.93. The first-order valence-corrected chi connectivity index (χ1v) is 7.67. The summed E-state index contributed by atoms with van der Waals surface area (Å²) in [6.45, 7) is 9.48. The van der Waals surface area contributed by atoms with Gasteiger partial charge in [0.2, 0.25) is 0 Å². The van der Waals surface area contributed by atoms with Gasteiger partial charge in [-0.25, -0.2) is 0 Å².